The first-order valence-corrected chi connectivity index (χ1v) is 5.58. The topological polar surface area (TPSA) is 17.8 Å². The molecule has 1 aromatic heterocycles. The van der Waals surface area contributed by atoms with Crippen LogP contribution in [0.25, 0.3) is 10.9 Å². The van der Waals surface area contributed by atoms with Gasteiger partial charge in [0.15, 0.2) is 0 Å². The van der Waals surface area contributed by atoms with Crippen LogP contribution < -0.4 is 5.46 Å². The van der Waals surface area contributed by atoms with Gasteiger partial charge in [-0.05, 0) is 11.6 Å². The molecule has 2 nitrogen and oxygen atoms in total. The number of aromatic nitrogens is 2. The van der Waals surface area contributed by atoms with Crippen LogP contribution in [0.15, 0.2) is 54.7 Å². The molecule has 0 aliphatic carbocycles. The van der Waals surface area contributed by atoms with E-state index >= 15 is 0 Å². The number of nitrogens with zero attached hydrogens (tertiary/aromatic N) is 2. The van der Waals surface area contributed by atoms with Gasteiger partial charge in [0, 0.05) is 5.39 Å². The molecule has 3 rings (SSSR count). The molecule has 3 aromatic rings. The molecule has 2 aromatic carbocycles. The summed E-state index contributed by atoms with van der Waals surface area (Å²) in [6, 6.07) is 16.2. The van der Waals surface area contributed by atoms with Gasteiger partial charge in [0.1, 0.15) is 7.85 Å². The monoisotopic (exact) mass is 218 g/mol. The molecule has 0 bridgehead atoms. The number of hydrogen-bond acceptors (Lipinski definition) is 1. The van der Waals surface area contributed by atoms with Crippen LogP contribution in [0.1, 0.15) is 5.56 Å². The Labute approximate surface area is 101 Å². The number of rotatable bonds is 2. The molecular weight excluding hydrogens is 207 g/mol. The first-order chi connectivity index (χ1) is 8.34. The van der Waals surface area contributed by atoms with Crippen molar-refractivity contribution in [1.29, 1.82) is 0 Å². The van der Waals surface area contributed by atoms with Crippen molar-refractivity contribution in [2.75, 3.05) is 0 Å². The Bertz CT molecular complexity index is 644. The minimum absolute atomic E-state index is 0.772. The van der Waals surface area contributed by atoms with Crippen LogP contribution in [0.3, 0.4) is 0 Å². The number of benzene rings is 2. The lowest BCUT2D eigenvalue weighted by atomic mass is 9.93. The number of hydrogen-bond donors (Lipinski definition) is 0. The minimum Gasteiger partial charge on any atom is -0.260 e. The van der Waals surface area contributed by atoms with E-state index in [1.807, 2.05) is 47.3 Å². The molecule has 0 aliphatic rings. The summed E-state index contributed by atoms with van der Waals surface area (Å²) in [4.78, 5) is 0. The van der Waals surface area contributed by atoms with Gasteiger partial charge >= 0.3 is 0 Å². The molecular formula is C14H11BN2. The third kappa shape index (κ3) is 1.84. The Morgan fingerprint density at radius 1 is 1.00 bits per heavy atom. The zero-order valence-electron chi connectivity index (χ0n) is 9.38. The molecule has 17 heavy (non-hydrogen) atoms. The van der Waals surface area contributed by atoms with Crippen molar-refractivity contribution in [3.05, 3.63) is 60.3 Å². The van der Waals surface area contributed by atoms with Crippen LogP contribution >= 0.6 is 0 Å². The van der Waals surface area contributed by atoms with Gasteiger partial charge < -0.3 is 0 Å². The second kappa shape index (κ2) is 4.09. The maximum absolute atomic E-state index is 5.91. The second-order valence-electron chi connectivity index (χ2n) is 4.07. The minimum atomic E-state index is 0.772. The fraction of sp³-hybridized carbons (Fsp3) is 0.0714. The SMILES string of the molecule is [B]c1cccc2c1cnn2Cc1ccccc1. The van der Waals surface area contributed by atoms with Gasteiger partial charge in [-0.2, -0.15) is 5.10 Å². The molecule has 1 heterocycles. The van der Waals surface area contributed by atoms with E-state index in [4.69, 9.17) is 7.85 Å². The van der Waals surface area contributed by atoms with Crippen molar-refractivity contribution < 1.29 is 0 Å². The van der Waals surface area contributed by atoms with Crippen LogP contribution in [-0.2, 0) is 6.54 Å². The highest BCUT2D eigenvalue weighted by atomic mass is 15.3. The Morgan fingerprint density at radius 3 is 2.65 bits per heavy atom. The maximum Gasteiger partial charge on any atom is 0.114 e. The van der Waals surface area contributed by atoms with E-state index in [1.165, 1.54) is 5.56 Å². The average Bonchev–Trinajstić information content (AvgIpc) is 2.76. The van der Waals surface area contributed by atoms with Gasteiger partial charge in [-0.3, -0.25) is 4.68 Å². The summed E-state index contributed by atoms with van der Waals surface area (Å²) in [5.74, 6) is 0. The normalized spacial score (nSPS) is 10.8. The summed E-state index contributed by atoms with van der Waals surface area (Å²) in [5.41, 5.74) is 3.09. The van der Waals surface area contributed by atoms with Crippen molar-refractivity contribution >= 4 is 24.2 Å². The van der Waals surface area contributed by atoms with Gasteiger partial charge in [-0.25, -0.2) is 0 Å². The largest absolute Gasteiger partial charge is 0.260 e. The van der Waals surface area contributed by atoms with Gasteiger partial charge in [-0.15, -0.1) is 0 Å². The summed E-state index contributed by atoms with van der Waals surface area (Å²) >= 11 is 0. The van der Waals surface area contributed by atoms with Crippen molar-refractivity contribution in [3.8, 4) is 0 Å². The molecule has 0 saturated carbocycles. The fourth-order valence-corrected chi connectivity index (χ4v) is 2.01. The highest BCUT2D eigenvalue weighted by Crippen LogP contribution is 2.12. The van der Waals surface area contributed by atoms with Gasteiger partial charge in [0.25, 0.3) is 0 Å². The van der Waals surface area contributed by atoms with Gasteiger partial charge in [0.2, 0.25) is 0 Å². The van der Waals surface area contributed by atoms with Crippen LogP contribution in [0.2, 0.25) is 0 Å². The van der Waals surface area contributed by atoms with Gasteiger partial charge in [0.05, 0.1) is 18.3 Å². The molecule has 0 fully saturated rings. The van der Waals surface area contributed by atoms with E-state index in [0.29, 0.717) is 0 Å². The Morgan fingerprint density at radius 2 is 1.82 bits per heavy atom. The molecule has 0 amide bonds. The fourth-order valence-electron chi connectivity index (χ4n) is 2.01. The van der Waals surface area contributed by atoms with E-state index in [2.05, 4.69) is 17.2 Å². The highest BCUT2D eigenvalue weighted by Gasteiger charge is 2.04. The molecule has 0 aliphatic heterocycles. The van der Waals surface area contributed by atoms with E-state index in [-0.39, 0.29) is 0 Å². The summed E-state index contributed by atoms with van der Waals surface area (Å²) in [6.45, 7) is 0.772. The summed E-state index contributed by atoms with van der Waals surface area (Å²) in [5, 5.41) is 5.41. The molecule has 3 heteroatoms. The standard InChI is InChI=1S/C14H11BN2/c15-13-7-4-8-14-12(13)9-16-17(14)10-11-5-2-1-3-6-11/h1-9H,10H2. The van der Waals surface area contributed by atoms with Crippen molar-refractivity contribution in [1.82, 2.24) is 9.78 Å². The zero-order chi connectivity index (χ0) is 11.7. The number of fused-ring (bicyclic) bond motifs is 1. The van der Waals surface area contributed by atoms with E-state index < -0.39 is 0 Å². The third-order valence-corrected chi connectivity index (χ3v) is 2.90. The van der Waals surface area contributed by atoms with Crippen molar-refractivity contribution in [2.24, 2.45) is 0 Å². The lowest BCUT2D eigenvalue weighted by molar-refractivity contribution is 0.712. The van der Waals surface area contributed by atoms with Crippen LogP contribution in [0.5, 0.6) is 0 Å². The highest BCUT2D eigenvalue weighted by molar-refractivity contribution is 6.38. The average molecular weight is 218 g/mol. The molecule has 0 saturated heterocycles. The van der Waals surface area contributed by atoms with Gasteiger partial charge in [-0.1, -0.05) is 47.9 Å². The summed E-state index contributed by atoms with van der Waals surface area (Å²) in [6.07, 6.45) is 1.83. The lowest BCUT2D eigenvalue weighted by Gasteiger charge is -2.04. The van der Waals surface area contributed by atoms with Crippen LogP contribution in [0.4, 0.5) is 0 Å². The summed E-state index contributed by atoms with van der Waals surface area (Å²) < 4.78 is 1.97. The molecule has 2 radical (unpaired) electrons. The quantitative estimate of drug-likeness (QED) is 0.600. The maximum atomic E-state index is 5.91. The molecule has 80 valence electrons. The Kier molecular flexibility index (Phi) is 2.44. The molecule has 0 N–H and O–H groups in total. The first kappa shape index (κ1) is 10.1. The van der Waals surface area contributed by atoms with Crippen LogP contribution in [0, 0.1) is 0 Å². The second-order valence-corrected chi connectivity index (χ2v) is 4.07. The van der Waals surface area contributed by atoms with E-state index in [0.717, 1.165) is 22.9 Å². The van der Waals surface area contributed by atoms with Crippen LogP contribution in [-0.4, -0.2) is 17.6 Å². The van der Waals surface area contributed by atoms with E-state index in [1.54, 1.807) is 0 Å². The molecule has 0 atom stereocenters. The predicted octanol–water partition coefficient (Wildman–Crippen LogP) is 1.88. The Hall–Kier alpha value is -2.03. The van der Waals surface area contributed by atoms with Crippen molar-refractivity contribution in [2.45, 2.75) is 6.54 Å². The van der Waals surface area contributed by atoms with Crippen molar-refractivity contribution in [3.63, 3.8) is 0 Å². The first-order valence-electron chi connectivity index (χ1n) is 5.58. The summed E-state index contributed by atoms with van der Waals surface area (Å²) in [7, 11) is 5.91. The molecule has 0 spiro atoms. The lowest BCUT2D eigenvalue weighted by Crippen LogP contribution is -2.04. The smallest absolute Gasteiger partial charge is 0.114 e. The van der Waals surface area contributed by atoms with E-state index in [9.17, 15) is 0 Å². The Balaban J connectivity index is 2.05. The predicted molar refractivity (Wildman–Crippen MR) is 70.7 cm³/mol. The zero-order valence-corrected chi connectivity index (χ0v) is 9.38. The molecule has 0 unspecified atom stereocenters. The third-order valence-electron chi connectivity index (χ3n) is 2.90.